The van der Waals surface area contributed by atoms with E-state index >= 15 is 0 Å². The van der Waals surface area contributed by atoms with Gasteiger partial charge in [0.05, 0.1) is 11.3 Å². The van der Waals surface area contributed by atoms with Crippen molar-refractivity contribution in [2.45, 2.75) is 37.7 Å². The number of fused-ring (bicyclic) bond motifs is 1. The number of hydrogen-bond acceptors (Lipinski definition) is 5. The fourth-order valence-electron chi connectivity index (χ4n) is 4.36. The summed E-state index contributed by atoms with van der Waals surface area (Å²) < 4.78 is 1.55. The number of carbonyl (C=O) groups excluding carboxylic acids is 1. The normalized spacial score (nSPS) is 16.0. The van der Waals surface area contributed by atoms with Crippen molar-refractivity contribution in [3.63, 3.8) is 0 Å². The first kappa shape index (κ1) is 24.5. The van der Waals surface area contributed by atoms with E-state index in [-0.39, 0.29) is 11.9 Å². The van der Waals surface area contributed by atoms with E-state index in [0.29, 0.717) is 42.8 Å². The van der Waals surface area contributed by atoms with E-state index in [0.717, 1.165) is 11.1 Å². The third-order valence-electron chi connectivity index (χ3n) is 6.55. The number of rotatable bonds is 4. The molecule has 190 valence electrons. The van der Waals surface area contributed by atoms with Crippen molar-refractivity contribution in [3.8, 4) is 11.3 Å². The van der Waals surface area contributed by atoms with Crippen LogP contribution in [-0.2, 0) is 5.60 Å². The van der Waals surface area contributed by atoms with Crippen LogP contribution in [0.2, 0.25) is 0 Å². The van der Waals surface area contributed by atoms with Crippen molar-refractivity contribution in [2.75, 3.05) is 18.4 Å². The minimum absolute atomic E-state index is 0.00712. The lowest BCUT2D eigenvalue weighted by molar-refractivity contribution is -0.0211. The van der Waals surface area contributed by atoms with Gasteiger partial charge in [-0.1, -0.05) is 67.8 Å². The lowest BCUT2D eigenvalue weighted by atomic mass is 9.84. The van der Waals surface area contributed by atoms with E-state index in [4.69, 9.17) is 5.11 Å². The molecule has 2 aromatic carbocycles. The molecule has 9 heteroatoms. The van der Waals surface area contributed by atoms with Crippen LogP contribution in [0, 0.1) is 0 Å². The van der Waals surface area contributed by atoms with Gasteiger partial charge >= 0.3 is 6.09 Å². The number of amides is 2. The van der Waals surface area contributed by atoms with Crippen molar-refractivity contribution in [2.24, 2.45) is 0 Å². The summed E-state index contributed by atoms with van der Waals surface area (Å²) in [7, 11) is 0. The fourth-order valence-corrected chi connectivity index (χ4v) is 4.36. The maximum atomic E-state index is 13.1. The molecular formula is C28H29N5O4. The van der Waals surface area contributed by atoms with Crippen molar-refractivity contribution in [1.82, 2.24) is 19.5 Å². The second-order valence-corrected chi connectivity index (χ2v) is 9.37. The molecule has 0 bridgehead atoms. The van der Waals surface area contributed by atoms with Crippen LogP contribution in [0.3, 0.4) is 0 Å². The number of piperidine rings is 1. The molecule has 3 N–H and O–H groups in total. The number of nitrogens with one attached hydrogen (secondary N) is 1. The molecule has 1 aliphatic carbocycles. The number of pyridine rings is 1. The summed E-state index contributed by atoms with van der Waals surface area (Å²) in [6.45, 7) is 0.952. The Hall–Kier alpha value is -4.24. The number of benzene rings is 2. The Labute approximate surface area is 214 Å². The Morgan fingerprint density at radius 3 is 2.16 bits per heavy atom. The number of likely N-dealkylation sites (tertiary alicyclic amines) is 1. The first-order chi connectivity index (χ1) is 17.9. The molecule has 37 heavy (non-hydrogen) atoms. The smallest absolute Gasteiger partial charge is 0.411 e. The minimum atomic E-state index is -1.24. The maximum absolute atomic E-state index is 13.1. The highest BCUT2D eigenvalue weighted by Gasteiger charge is 2.35. The van der Waals surface area contributed by atoms with Gasteiger partial charge in [-0.2, -0.15) is 4.98 Å². The Kier molecular flexibility index (Phi) is 6.87. The molecule has 6 rings (SSSR count). The number of aromatic nitrogens is 3. The third-order valence-corrected chi connectivity index (χ3v) is 6.55. The van der Waals surface area contributed by atoms with Gasteiger partial charge in [0.15, 0.2) is 5.65 Å². The lowest BCUT2D eigenvalue weighted by Gasteiger charge is -2.38. The molecule has 2 aromatic heterocycles. The summed E-state index contributed by atoms with van der Waals surface area (Å²) in [5, 5.41) is 26.3. The fraction of sp³-hybridized carbons (Fsp3) is 0.286. The van der Waals surface area contributed by atoms with Gasteiger partial charge in [0, 0.05) is 24.2 Å². The Morgan fingerprint density at radius 2 is 1.54 bits per heavy atom. The largest absolute Gasteiger partial charge is 0.465 e. The van der Waals surface area contributed by atoms with E-state index in [2.05, 4.69) is 15.4 Å². The van der Waals surface area contributed by atoms with Gasteiger partial charge in [0.2, 0.25) is 0 Å². The molecule has 1 aliphatic heterocycles. The number of carboxylic acid groups (broad SMARTS) is 1. The summed E-state index contributed by atoms with van der Waals surface area (Å²) in [6, 6.07) is 22.2. The number of anilines is 1. The van der Waals surface area contributed by atoms with E-state index in [9.17, 15) is 14.7 Å². The lowest BCUT2D eigenvalue weighted by Crippen LogP contribution is -2.45. The molecular weight excluding hydrogens is 470 g/mol. The summed E-state index contributed by atoms with van der Waals surface area (Å²) in [5.74, 6) is -0.0825. The molecule has 0 spiro atoms. The van der Waals surface area contributed by atoms with E-state index < -0.39 is 11.7 Å². The van der Waals surface area contributed by atoms with E-state index in [1.54, 1.807) is 27.6 Å². The highest BCUT2D eigenvalue weighted by atomic mass is 16.4. The zero-order valence-electron chi connectivity index (χ0n) is 20.4. The van der Waals surface area contributed by atoms with Crippen LogP contribution in [0.25, 0.3) is 16.9 Å². The van der Waals surface area contributed by atoms with Gasteiger partial charge in [-0.05, 0) is 42.7 Å². The summed E-state index contributed by atoms with van der Waals surface area (Å²) in [6.07, 6.45) is 4.24. The first-order valence-electron chi connectivity index (χ1n) is 12.5. The van der Waals surface area contributed by atoms with Crippen LogP contribution < -0.4 is 5.32 Å². The van der Waals surface area contributed by atoms with Gasteiger partial charge in [0.1, 0.15) is 0 Å². The van der Waals surface area contributed by atoms with Crippen LogP contribution in [0.4, 0.5) is 10.7 Å². The zero-order chi connectivity index (χ0) is 25.8. The first-order valence-corrected chi connectivity index (χ1v) is 12.5. The molecule has 1 saturated carbocycles. The van der Waals surface area contributed by atoms with Crippen molar-refractivity contribution in [1.29, 1.82) is 0 Å². The predicted octanol–water partition coefficient (Wildman–Crippen LogP) is 4.78. The van der Waals surface area contributed by atoms with Gasteiger partial charge in [0.25, 0.3) is 11.9 Å². The van der Waals surface area contributed by atoms with Crippen LogP contribution in [0.15, 0.2) is 72.8 Å². The Bertz CT molecular complexity index is 1390. The summed E-state index contributed by atoms with van der Waals surface area (Å²) >= 11 is 0. The monoisotopic (exact) mass is 499 g/mol. The van der Waals surface area contributed by atoms with Crippen molar-refractivity contribution < 1.29 is 19.8 Å². The van der Waals surface area contributed by atoms with Gasteiger partial charge < -0.3 is 15.1 Å². The van der Waals surface area contributed by atoms with Crippen molar-refractivity contribution in [3.05, 3.63) is 83.9 Å². The molecule has 0 radical (unpaired) electrons. The van der Waals surface area contributed by atoms with Crippen LogP contribution in [-0.4, -0.2) is 54.8 Å². The molecule has 4 aromatic rings. The molecule has 2 amide bonds. The molecule has 2 fully saturated rings. The molecule has 9 nitrogen and oxygen atoms in total. The van der Waals surface area contributed by atoms with Gasteiger partial charge in [-0.15, -0.1) is 5.10 Å². The average molecular weight is 500 g/mol. The second kappa shape index (κ2) is 10.4. The van der Waals surface area contributed by atoms with Crippen molar-refractivity contribution >= 4 is 23.6 Å². The van der Waals surface area contributed by atoms with Gasteiger partial charge in [-0.3, -0.25) is 10.1 Å². The molecule has 0 unspecified atom stereocenters. The second-order valence-electron chi connectivity index (χ2n) is 9.37. The number of carbonyl (C=O) groups is 2. The standard InChI is InChI=1S/C25H23N5O4.C3H6/c31-22(29-15-13-25(34,14-16-29)19-5-2-1-3-6-19)18-11-9-17(10-12-18)20-7-4-8-21-26-23(27-24(32)33)28-30(20)21;1-2-3-1/h1-12,34H,13-16H2,(H,27,28)(H,32,33);1-3H2. The molecule has 0 atom stereocenters. The minimum Gasteiger partial charge on any atom is -0.465 e. The number of nitrogens with zero attached hydrogens (tertiary/aromatic N) is 4. The topological polar surface area (TPSA) is 120 Å². The van der Waals surface area contributed by atoms with E-state index in [1.807, 2.05) is 54.6 Å². The van der Waals surface area contributed by atoms with Crippen LogP contribution in [0.1, 0.15) is 48.0 Å². The quantitative estimate of drug-likeness (QED) is 0.372. The molecule has 3 heterocycles. The highest BCUT2D eigenvalue weighted by molar-refractivity contribution is 5.94. The predicted molar refractivity (Wildman–Crippen MR) is 139 cm³/mol. The third kappa shape index (κ3) is 5.62. The molecule has 2 aliphatic rings. The SMILES string of the molecule is C1CC1.O=C(O)Nc1nc2cccc(-c3ccc(C(=O)N4CCC(O)(c5ccccc5)CC4)cc3)n2n1. The zero-order valence-corrected chi connectivity index (χ0v) is 20.4. The maximum Gasteiger partial charge on any atom is 0.411 e. The average Bonchev–Trinajstić information content (AvgIpc) is 3.75. The highest BCUT2D eigenvalue weighted by Crippen LogP contribution is 2.33. The van der Waals surface area contributed by atoms with Crippen LogP contribution >= 0.6 is 0 Å². The van der Waals surface area contributed by atoms with Crippen LogP contribution in [0.5, 0.6) is 0 Å². The number of aliphatic hydroxyl groups is 1. The van der Waals surface area contributed by atoms with Gasteiger partial charge in [-0.25, -0.2) is 9.31 Å². The summed E-state index contributed by atoms with van der Waals surface area (Å²) in [5.41, 5.74) is 2.57. The Balaban J connectivity index is 0.000000872. The Morgan fingerprint density at radius 1 is 0.865 bits per heavy atom. The van der Waals surface area contributed by atoms with E-state index in [1.165, 1.54) is 19.3 Å². The summed E-state index contributed by atoms with van der Waals surface area (Å²) in [4.78, 5) is 29.9. The molecule has 1 saturated heterocycles. The number of hydrogen-bond donors (Lipinski definition) is 3.